The Hall–Kier alpha value is -1.70. The van der Waals surface area contributed by atoms with E-state index in [-0.39, 0.29) is 9.79 Å². The van der Waals surface area contributed by atoms with Crippen molar-refractivity contribution in [2.24, 2.45) is 0 Å². The molecule has 2 aromatic carbocycles. The highest BCUT2D eigenvalue weighted by Gasteiger charge is 2.16. The van der Waals surface area contributed by atoms with Gasteiger partial charge in [0.05, 0.1) is 22.3 Å². The maximum atomic E-state index is 12.2. The largest absolute Gasteiger partial charge is 0.617 e. The van der Waals surface area contributed by atoms with Crippen LogP contribution in [0.5, 0.6) is 0 Å². The van der Waals surface area contributed by atoms with Crippen molar-refractivity contribution in [3.63, 3.8) is 0 Å². The van der Waals surface area contributed by atoms with E-state index in [0.717, 1.165) is 0 Å². The highest BCUT2D eigenvalue weighted by molar-refractivity contribution is 7.91. The summed E-state index contributed by atoms with van der Waals surface area (Å²) in [5.74, 6) is 0. The number of hydrogen-bond donors (Lipinski definition) is 2. The zero-order valence-corrected chi connectivity index (χ0v) is 13.4. The highest BCUT2D eigenvalue weighted by Crippen LogP contribution is 2.22. The number of sulfone groups is 1. The Morgan fingerprint density at radius 1 is 0.810 bits per heavy atom. The molecule has 0 atom stereocenters. The maximum absolute atomic E-state index is 12.2. The third kappa shape index (κ3) is 5.30. The van der Waals surface area contributed by atoms with Crippen molar-refractivity contribution in [1.82, 2.24) is 0 Å². The quantitative estimate of drug-likeness (QED) is 0.644. The molecule has 0 aliphatic heterocycles. The van der Waals surface area contributed by atoms with E-state index in [9.17, 15) is 13.0 Å². The van der Waals surface area contributed by atoms with Gasteiger partial charge < -0.3 is 16.0 Å². The normalized spacial score (nSPS) is 10.9. The summed E-state index contributed by atoms with van der Waals surface area (Å²) in [6.45, 7) is 0. The fraction of sp³-hybridized carbons (Fsp3) is 0.143. The van der Waals surface area contributed by atoms with Crippen LogP contribution in [0.25, 0.3) is 0 Å². The molecule has 0 amide bonds. The van der Waals surface area contributed by atoms with Crippen molar-refractivity contribution in [1.29, 1.82) is 0 Å². The lowest BCUT2D eigenvalue weighted by atomic mass is 10.3. The lowest BCUT2D eigenvalue weighted by Crippen LogP contribution is -2.02. The first-order valence-corrected chi connectivity index (χ1v) is 9.39. The van der Waals surface area contributed by atoms with Crippen molar-refractivity contribution >= 4 is 32.4 Å². The molecule has 0 aliphatic carbocycles. The van der Waals surface area contributed by atoms with E-state index in [4.69, 9.17) is 11.5 Å². The molecule has 7 heteroatoms. The first-order chi connectivity index (χ1) is 9.73. The predicted octanol–water partition coefficient (Wildman–Crippen LogP) is 1.68. The summed E-state index contributed by atoms with van der Waals surface area (Å²) < 4.78 is 33.9. The van der Waals surface area contributed by atoms with Crippen molar-refractivity contribution < 1.29 is 13.0 Å². The van der Waals surface area contributed by atoms with Crippen LogP contribution in [0.2, 0.25) is 0 Å². The lowest BCUT2D eigenvalue weighted by Gasteiger charge is -2.05. The van der Waals surface area contributed by atoms with Gasteiger partial charge in [-0.1, -0.05) is 11.2 Å². The predicted molar refractivity (Wildman–Crippen MR) is 87.2 cm³/mol. The van der Waals surface area contributed by atoms with Gasteiger partial charge >= 0.3 is 0 Å². The number of nitrogen functional groups attached to an aromatic ring is 2. The molecule has 0 spiro atoms. The van der Waals surface area contributed by atoms with E-state index in [1.807, 2.05) is 0 Å². The van der Waals surface area contributed by atoms with Crippen LogP contribution in [0, 0.1) is 0 Å². The molecule has 2 aromatic rings. The third-order valence-electron chi connectivity index (χ3n) is 2.38. The first-order valence-electron chi connectivity index (χ1n) is 5.94. The van der Waals surface area contributed by atoms with Gasteiger partial charge in [-0.3, -0.25) is 0 Å². The molecule has 4 N–H and O–H groups in total. The Kier molecular flexibility index (Phi) is 6.07. The van der Waals surface area contributed by atoms with Gasteiger partial charge in [0.1, 0.15) is 0 Å². The second kappa shape index (κ2) is 7.35. The van der Waals surface area contributed by atoms with Crippen molar-refractivity contribution in [2.75, 3.05) is 24.0 Å². The van der Waals surface area contributed by atoms with Crippen LogP contribution < -0.4 is 11.5 Å². The molecule has 5 nitrogen and oxygen atoms in total. The molecule has 2 rings (SSSR count). The molecular weight excluding hydrogens is 308 g/mol. The van der Waals surface area contributed by atoms with Gasteiger partial charge in [0.15, 0.2) is 0 Å². The molecule has 0 saturated carbocycles. The molecule has 0 heterocycles. The number of hydrogen-bond acceptors (Lipinski definition) is 5. The molecule has 0 aromatic heterocycles. The smallest absolute Gasteiger partial charge is 0.206 e. The van der Waals surface area contributed by atoms with Crippen molar-refractivity contribution in [3.8, 4) is 0 Å². The fourth-order valence-corrected chi connectivity index (χ4v) is 2.69. The van der Waals surface area contributed by atoms with E-state index < -0.39 is 21.0 Å². The topological polar surface area (TPSA) is 109 Å². The van der Waals surface area contributed by atoms with E-state index in [2.05, 4.69) is 0 Å². The average molecular weight is 326 g/mol. The molecule has 0 bridgehead atoms. The van der Waals surface area contributed by atoms with Crippen LogP contribution >= 0.6 is 0 Å². The number of nitrogens with two attached hydrogens (primary N) is 2. The first kappa shape index (κ1) is 17.4. The molecule has 0 aliphatic rings. The Bertz CT molecular complexity index is 612. The van der Waals surface area contributed by atoms with Crippen molar-refractivity contribution in [2.45, 2.75) is 9.79 Å². The average Bonchev–Trinajstić information content (AvgIpc) is 2.39. The second-order valence-corrected chi connectivity index (χ2v) is 7.82. The van der Waals surface area contributed by atoms with Gasteiger partial charge in [-0.15, -0.1) is 0 Å². The summed E-state index contributed by atoms with van der Waals surface area (Å²) in [6, 6.07) is 12.2. The Morgan fingerprint density at radius 2 is 1.05 bits per heavy atom. The van der Waals surface area contributed by atoms with E-state index in [1.165, 1.54) is 24.3 Å². The molecule has 0 unspecified atom stereocenters. The summed E-state index contributed by atoms with van der Waals surface area (Å²) in [6.07, 6.45) is 3.28. The number of benzene rings is 2. The minimum atomic E-state index is -3.48. The fourth-order valence-electron chi connectivity index (χ4n) is 1.43. The minimum Gasteiger partial charge on any atom is -0.617 e. The van der Waals surface area contributed by atoms with Crippen LogP contribution in [-0.2, 0) is 21.0 Å². The van der Waals surface area contributed by atoms with Gasteiger partial charge in [0, 0.05) is 11.4 Å². The van der Waals surface area contributed by atoms with E-state index >= 15 is 0 Å². The van der Waals surface area contributed by atoms with Crippen LogP contribution in [0.1, 0.15) is 0 Å². The zero-order valence-electron chi connectivity index (χ0n) is 11.8. The van der Waals surface area contributed by atoms with Crippen LogP contribution in [0.4, 0.5) is 11.4 Å². The van der Waals surface area contributed by atoms with Gasteiger partial charge in [-0.25, -0.2) is 8.42 Å². The van der Waals surface area contributed by atoms with Crippen LogP contribution in [-0.4, -0.2) is 25.5 Å². The molecule has 114 valence electrons. The van der Waals surface area contributed by atoms with Crippen molar-refractivity contribution in [3.05, 3.63) is 48.5 Å². The maximum Gasteiger partial charge on any atom is 0.206 e. The highest BCUT2D eigenvalue weighted by atomic mass is 32.2. The lowest BCUT2D eigenvalue weighted by molar-refractivity contribution is 0.596. The zero-order chi connectivity index (χ0) is 16.0. The summed E-state index contributed by atoms with van der Waals surface area (Å²) >= 11 is -0.611. The van der Waals surface area contributed by atoms with Crippen LogP contribution in [0.15, 0.2) is 58.3 Å². The summed E-state index contributed by atoms with van der Waals surface area (Å²) in [5, 5.41) is 0. The molecule has 0 fully saturated rings. The monoisotopic (exact) mass is 326 g/mol. The summed E-state index contributed by atoms with van der Waals surface area (Å²) in [4.78, 5) is 0.438. The van der Waals surface area contributed by atoms with Gasteiger partial charge in [-0.2, -0.15) is 0 Å². The van der Waals surface area contributed by atoms with Crippen LogP contribution in [0.3, 0.4) is 0 Å². The third-order valence-corrected chi connectivity index (χ3v) is 4.17. The molecule has 0 saturated heterocycles. The standard InChI is InChI=1S/C12H12N2O2S.C2H6OS/c13-9-1-5-11(6-2-9)17(15,16)12-7-3-10(14)4-8-12;1-4(2)3/h1-8H,13-14H2;1-2H3. The van der Waals surface area contributed by atoms with Gasteiger partial charge in [0.2, 0.25) is 9.84 Å². The Balaban J connectivity index is 0.000000491. The molecule has 0 radical (unpaired) electrons. The Morgan fingerprint density at radius 3 is 1.29 bits per heavy atom. The summed E-state index contributed by atoms with van der Waals surface area (Å²) in [7, 11) is -3.48. The second-order valence-electron chi connectivity index (χ2n) is 4.38. The molecule has 21 heavy (non-hydrogen) atoms. The number of anilines is 2. The van der Waals surface area contributed by atoms with E-state index in [1.54, 1.807) is 36.8 Å². The summed E-state index contributed by atoms with van der Waals surface area (Å²) in [5.41, 5.74) is 12.1. The number of rotatable bonds is 2. The van der Waals surface area contributed by atoms with Gasteiger partial charge in [-0.05, 0) is 48.5 Å². The van der Waals surface area contributed by atoms with E-state index in [0.29, 0.717) is 11.4 Å². The minimum absolute atomic E-state index is 0.219. The Labute approximate surface area is 128 Å². The molecular formula is C14H18N2O3S2. The van der Waals surface area contributed by atoms with Gasteiger partial charge in [0.25, 0.3) is 0 Å². The SMILES string of the molecule is C[S+](C)[O-].Nc1ccc(S(=O)(=O)c2ccc(N)cc2)cc1.